The number of nitrogens with zero attached hydrogens (tertiary/aromatic N) is 1. The Morgan fingerprint density at radius 1 is 1.53 bits per heavy atom. The number of carbonyl (C=O) groups excluding carboxylic acids is 1. The molecule has 2 fully saturated rings. The van der Waals surface area contributed by atoms with Gasteiger partial charge in [-0.1, -0.05) is 0 Å². The molecule has 3 nitrogen and oxygen atoms in total. The van der Waals surface area contributed by atoms with Crippen LogP contribution in [0, 0.1) is 5.92 Å². The smallest absolute Gasteiger partial charge is 0.135 e. The van der Waals surface area contributed by atoms with Crippen LogP contribution in [-0.4, -0.2) is 42.5 Å². The summed E-state index contributed by atoms with van der Waals surface area (Å²) in [4.78, 5) is 13.8. The molecule has 0 spiro atoms. The number of hydrogen-bond donors (Lipinski definition) is 0. The quantitative estimate of drug-likeness (QED) is 0.692. The van der Waals surface area contributed by atoms with Gasteiger partial charge in [0.15, 0.2) is 0 Å². The first-order valence-corrected chi connectivity index (χ1v) is 6.03. The zero-order chi connectivity index (χ0) is 10.8. The van der Waals surface area contributed by atoms with Crippen molar-refractivity contribution in [1.82, 2.24) is 4.90 Å². The zero-order valence-electron chi connectivity index (χ0n) is 9.74. The lowest BCUT2D eigenvalue weighted by atomic mass is 9.93. The van der Waals surface area contributed by atoms with Crippen LogP contribution in [0.1, 0.15) is 33.1 Å². The van der Waals surface area contributed by atoms with Crippen LogP contribution in [-0.2, 0) is 9.53 Å². The molecule has 0 aromatic heterocycles. The largest absolute Gasteiger partial charge is 0.381 e. The SMILES string of the molecule is CC1CC(=O)CCN1C(C)C1CCOC1. The van der Waals surface area contributed by atoms with Gasteiger partial charge in [-0.3, -0.25) is 9.69 Å². The molecule has 0 aromatic carbocycles. The van der Waals surface area contributed by atoms with E-state index in [0.29, 0.717) is 23.8 Å². The molecule has 2 aliphatic heterocycles. The molecular formula is C12H21NO2. The van der Waals surface area contributed by atoms with Gasteiger partial charge in [0.2, 0.25) is 0 Å². The highest BCUT2D eigenvalue weighted by molar-refractivity contribution is 5.79. The van der Waals surface area contributed by atoms with Gasteiger partial charge in [0.05, 0.1) is 6.61 Å². The minimum absolute atomic E-state index is 0.418. The average molecular weight is 211 g/mol. The third-order valence-corrected chi connectivity index (χ3v) is 3.91. The summed E-state index contributed by atoms with van der Waals surface area (Å²) in [5.41, 5.74) is 0. The highest BCUT2D eigenvalue weighted by Gasteiger charge is 2.32. The third-order valence-electron chi connectivity index (χ3n) is 3.91. The van der Waals surface area contributed by atoms with Crippen molar-refractivity contribution in [2.24, 2.45) is 5.92 Å². The molecule has 0 N–H and O–H groups in total. The lowest BCUT2D eigenvalue weighted by Crippen LogP contribution is -2.49. The first-order chi connectivity index (χ1) is 7.18. The van der Waals surface area contributed by atoms with E-state index in [4.69, 9.17) is 4.74 Å². The Bertz CT molecular complexity index is 236. The maximum Gasteiger partial charge on any atom is 0.135 e. The van der Waals surface area contributed by atoms with E-state index in [9.17, 15) is 4.79 Å². The molecular weight excluding hydrogens is 190 g/mol. The molecule has 0 radical (unpaired) electrons. The van der Waals surface area contributed by atoms with Crippen LogP contribution in [0.5, 0.6) is 0 Å². The number of piperidine rings is 1. The number of rotatable bonds is 2. The van der Waals surface area contributed by atoms with Crippen molar-refractivity contribution in [2.45, 2.75) is 45.2 Å². The first-order valence-electron chi connectivity index (χ1n) is 6.03. The van der Waals surface area contributed by atoms with Crippen molar-refractivity contribution in [3.05, 3.63) is 0 Å². The normalized spacial score (nSPS) is 35.7. The van der Waals surface area contributed by atoms with Crippen LogP contribution in [0.25, 0.3) is 0 Å². The summed E-state index contributed by atoms with van der Waals surface area (Å²) >= 11 is 0. The molecule has 0 amide bonds. The van der Waals surface area contributed by atoms with E-state index in [-0.39, 0.29) is 0 Å². The maximum absolute atomic E-state index is 11.3. The summed E-state index contributed by atoms with van der Waals surface area (Å²) in [5.74, 6) is 1.09. The Hall–Kier alpha value is -0.410. The van der Waals surface area contributed by atoms with Crippen molar-refractivity contribution in [1.29, 1.82) is 0 Å². The lowest BCUT2D eigenvalue weighted by molar-refractivity contribution is -0.123. The van der Waals surface area contributed by atoms with Crippen LogP contribution in [0.4, 0.5) is 0 Å². The number of Topliss-reactive ketones (excluding diaryl/α,β-unsaturated/α-hetero) is 1. The predicted octanol–water partition coefficient (Wildman–Crippen LogP) is 1.46. The summed E-state index contributed by atoms with van der Waals surface area (Å²) in [6, 6.07) is 0.984. The minimum Gasteiger partial charge on any atom is -0.381 e. The van der Waals surface area contributed by atoms with E-state index >= 15 is 0 Å². The predicted molar refractivity (Wildman–Crippen MR) is 58.8 cm³/mol. The third kappa shape index (κ3) is 2.40. The van der Waals surface area contributed by atoms with Crippen LogP contribution >= 0.6 is 0 Å². The van der Waals surface area contributed by atoms with Crippen LogP contribution in [0.3, 0.4) is 0 Å². The molecule has 2 heterocycles. The average Bonchev–Trinajstić information content (AvgIpc) is 2.69. The molecule has 3 unspecified atom stereocenters. The summed E-state index contributed by atoms with van der Waals surface area (Å²) < 4.78 is 5.43. The lowest BCUT2D eigenvalue weighted by Gasteiger charge is -2.39. The van der Waals surface area contributed by atoms with Crippen molar-refractivity contribution in [3.63, 3.8) is 0 Å². The molecule has 2 rings (SSSR count). The topological polar surface area (TPSA) is 29.5 Å². The van der Waals surface area contributed by atoms with Gasteiger partial charge in [-0.25, -0.2) is 0 Å². The Morgan fingerprint density at radius 3 is 2.93 bits per heavy atom. The summed E-state index contributed by atoms with van der Waals surface area (Å²) in [5, 5.41) is 0. The summed E-state index contributed by atoms with van der Waals surface area (Å²) in [7, 11) is 0. The molecule has 0 aliphatic carbocycles. The molecule has 2 aliphatic rings. The maximum atomic E-state index is 11.3. The van der Waals surface area contributed by atoms with Crippen molar-refractivity contribution < 1.29 is 9.53 Å². The monoisotopic (exact) mass is 211 g/mol. The van der Waals surface area contributed by atoms with Gasteiger partial charge in [0, 0.05) is 38.1 Å². The molecule has 86 valence electrons. The summed E-state index contributed by atoms with van der Waals surface area (Å²) in [6.07, 6.45) is 2.65. The van der Waals surface area contributed by atoms with Crippen LogP contribution < -0.4 is 0 Å². The Labute approximate surface area is 91.8 Å². The number of hydrogen-bond acceptors (Lipinski definition) is 3. The number of ketones is 1. The standard InChI is InChI=1S/C12H21NO2/c1-9-7-12(14)3-5-13(9)10(2)11-4-6-15-8-11/h9-11H,3-8H2,1-2H3. The van der Waals surface area contributed by atoms with E-state index in [0.717, 1.165) is 32.6 Å². The van der Waals surface area contributed by atoms with E-state index < -0.39 is 0 Å². The minimum atomic E-state index is 0.418. The zero-order valence-corrected chi connectivity index (χ0v) is 9.74. The van der Waals surface area contributed by atoms with E-state index in [1.807, 2.05) is 0 Å². The molecule has 0 bridgehead atoms. The fourth-order valence-electron chi connectivity index (χ4n) is 2.83. The molecule has 3 atom stereocenters. The van der Waals surface area contributed by atoms with Crippen molar-refractivity contribution in [3.8, 4) is 0 Å². The van der Waals surface area contributed by atoms with Gasteiger partial charge in [0.1, 0.15) is 5.78 Å². The van der Waals surface area contributed by atoms with E-state index in [2.05, 4.69) is 18.7 Å². The van der Waals surface area contributed by atoms with Gasteiger partial charge >= 0.3 is 0 Å². The number of carbonyl (C=O) groups is 1. The van der Waals surface area contributed by atoms with Gasteiger partial charge < -0.3 is 4.74 Å². The van der Waals surface area contributed by atoms with Gasteiger partial charge in [0.25, 0.3) is 0 Å². The molecule has 0 saturated carbocycles. The molecule has 3 heteroatoms. The van der Waals surface area contributed by atoms with Crippen molar-refractivity contribution in [2.75, 3.05) is 19.8 Å². The Kier molecular flexibility index (Phi) is 3.42. The highest BCUT2D eigenvalue weighted by Crippen LogP contribution is 2.25. The number of ether oxygens (including phenoxy) is 1. The van der Waals surface area contributed by atoms with Gasteiger partial charge in [-0.05, 0) is 26.2 Å². The fraction of sp³-hybridized carbons (Fsp3) is 0.917. The second-order valence-corrected chi connectivity index (χ2v) is 4.94. The molecule has 15 heavy (non-hydrogen) atoms. The Balaban J connectivity index is 1.93. The first kappa shape index (κ1) is 11.1. The van der Waals surface area contributed by atoms with Crippen LogP contribution in [0.15, 0.2) is 0 Å². The van der Waals surface area contributed by atoms with E-state index in [1.165, 1.54) is 6.42 Å². The second kappa shape index (κ2) is 4.62. The molecule has 2 saturated heterocycles. The summed E-state index contributed by atoms with van der Waals surface area (Å²) in [6.45, 7) is 7.21. The van der Waals surface area contributed by atoms with Gasteiger partial charge in [-0.15, -0.1) is 0 Å². The van der Waals surface area contributed by atoms with Crippen LogP contribution in [0.2, 0.25) is 0 Å². The van der Waals surface area contributed by atoms with Gasteiger partial charge in [-0.2, -0.15) is 0 Å². The highest BCUT2D eigenvalue weighted by atomic mass is 16.5. The second-order valence-electron chi connectivity index (χ2n) is 4.94. The van der Waals surface area contributed by atoms with Crippen molar-refractivity contribution >= 4 is 5.78 Å². The Morgan fingerprint density at radius 2 is 2.33 bits per heavy atom. The number of likely N-dealkylation sites (tertiary alicyclic amines) is 1. The van der Waals surface area contributed by atoms with E-state index in [1.54, 1.807) is 0 Å². The fourth-order valence-corrected chi connectivity index (χ4v) is 2.83. The molecule has 0 aromatic rings.